The molecule has 46 heavy (non-hydrogen) atoms. The molecule has 1 atom stereocenters. The fourth-order valence-corrected chi connectivity index (χ4v) is 6.31. The zero-order valence-electron chi connectivity index (χ0n) is 25.3. The van der Waals surface area contributed by atoms with Crippen LogP contribution < -0.4 is 15.1 Å². The van der Waals surface area contributed by atoms with Crippen molar-refractivity contribution >= 4 is 58.1 Å². The molecule has 2 fully saturated rings. The van der Waals surface area contributed by atoms with Crippen molar-refractivity contribution in [3.63, 3.8) is 0 Å². The molecule has 2 heterocycles. The number of nitrogens with zero attached hydrogens (tertiary/aromatic N) is 2. The molecule has 4 aromatic rings. The van der Waals surface area contributed by atoms with E-state index in [0.29, 0.717) is 33.3 Å². The van der Waals surface area contributed by atoms with E-state index in [4.69, 9.17) is 13.7 Å². The van der Waals surface area contributed by atoms with E-state index in [2.05, 4.69) is 5.32 Å². The van der Waals surface area contributed by atoms with E-state index in [9.17, 15) is 23.0 Å². The van der Waals surface area contributed by atoms with E-state index in [1.807, 2.05) is 6.07 Å². The number of likely N-dealkylation sites (N-methyl/N-ethyl adjacent to an activating group) is 1. The highest BCUT2D eigenvalue weighted by molar-refractivity contribution is 7.85. The van der Waals surface area contributed by atoms with E-state index in [0.717, 1.165) is 18.4 Å². The molecule has 1 amide bonds. The van der Waals surface area contributed by atoms with Crippen LogP contribution in [0.1, 0.15) is 40.2 Å². The normalized spacial score (nSPS) is 16.4. The third kappa shape index (κ3) is 6.40. The Hall–Kier alpha value is -4.56. The third-order valence-corrected chi connectivity index (χ3v) is 8.86. The van der Waals surface area contributed by atoms with Gasteiger partial charge in [-0.1, -0.05) is 12.1 Å². The van der Waals surface area contributed by atoms with Gasteiger partial charge in [-0.15, -0.1) is 0 Å². The number of fused-ring (bicyclic) bond motifs is 1. The summed E-state index contributed by atoms with van der Waals surface area (Å²) in [5.41, 5.74) is 3.01. The van der Waals surface area contributed by atoms with Crippen molar-refractivity contribution in [1.29, 1.82) is 0 Å². The second-order valence-corrected chi connectivity index (χ2v) is 12.7. The van der Waals surface area contributed by atoms with Crippen molar-refractivity contribution in [3.05, 3.63) is 82.9 Å². The molecule has 1 aromatic heterocycles. The van der Waals surface area contributed by atoms with Gasteiger partial charge in [0, 0.05) is 35.8 Å². The van der Waals surface area contributed by atoms with Crippen LogP contribution in [0.15, 0.2) is 59.0 Å². The number of benzene rings is 3. The molecule has 0 bridgehead atoms. The molecule has 1 saturated heterocycles. The molecule has 10 nitrogen and oxygen atoms in total. The van der Waals surface area contributed by atoms with Gasteiger partial charge in [0.1, 0.15) is 34.0 Å². The van der Waals surface area contributed by atoms with Crippen molar-refractivity contribution in [3.8, 4) is 11.3 Å². The second-order valence-electron chi connectivity index (χ2n) is 11.4. The molecule has 0 spiro atoms. The summed E-state index contributed by atoms with van der Waals surface area (Å²) in [6.45, 7) is -0.266. The fraction of sp³-hybridized carbons (Fsp3) is 0.281. The van der Waals surface area contributed by atoms with E-state index in [1.165, 1.54) is 54.6 Å². The predicted octanol–water partition coefficient (Wildman–Crippen LogP) is 3.64. The number of furan rings is 1. The summed E-state index contributed by atoms with van der Waals surface area (Å²) in [4.78, 5) is 38.9. The highest BCUT2D eigenvalue weighted by Gasteiger charge is 2.36. The second kappa shape index (κ2) is 12.7. The standard InChI is InChI=1S/C32H30BF2N3O7S/c1-36-32(41)30-23-13-22(19-5-6-19)26(14-27(23)43-31(30)20-7-9-21(34)10-8-20)38(46(3)42)15-18-4-11-24(25(35)12-18)33-44-28(39)16-37(2)17-29(40)45-33/h4,7-14,19H,5-6,15-17H2,1-3H3,(H,36,41). The summed E-state index contributed by atoms with van der Waals surface area (Å²) >= 11 is 0. The van der Waals surface area contributed by atoms with Gasteiger partial charge in [0.25, 0.3) is 5.91 Å². The molecular formula is C32H30BF2N3O7S. The maximum atomic E-state index is 15.5. The molecular weight excluding hydrogens is 619 g/mol. The van der Waals surface area contributed by atoms with Crippen LogP contribution in [0, 0.1) is 11.6 Å². The van der Waals surface area contributed by atoms with Crippen LogP contribution in [-0.2, 0) is 36.4 Å². The maximum Gasteiger partial charge on any atom is 0.639 e. The number of anilines is 1. The molecule has 1 unspecified atom stereocenters. The summed E-state index contributed by atoms with van der Waals surface area (Å²) in [5, 5.41) is 3.22. The van der Waals surface area contributed by atoms with Gasteiger partial charge in [-0.05, 0) is 73.3 Å². The topological polar surface area (TPSA) is 118 Å². The lowest BCUT2D eigenvalue weighted by Gasteiger charge is -2.25. The summed E-state index contributed by atoms with van der Waals surface area (Å²) < 4.78 is 60.6. The summed E-state index contributed by atoms with van der Waals surface area (Å²) in [6.07, 6.45) is 3.31. The lowest BCUT2D eigenvalue weighted by Crippen LogP contribution is -2.48. The zero-order chi connectivity index (χ0) is 32.7. The van der Waals surface area contributed by atoms with Gasteiger partial charge in [0.15, 0.2) is 0 Å². The van der Waals surface area contributed by atoms with Gasteiger partial charge in [0.05, 0.1) is 30.9 Å². The fourth-order valence-electron chi connectivity index (χ4n) is 5.54. The molecule has 1 aliphatic carbocycles. The van der Waals surface area contributed by atoms with Crippen molar-refractivity contribution < 1.29 is 41.1 Å². The molecule has 14 heteroatoms. The van der Waals surface area contributed by atoms with Gasteiger partial charge in [-0.2, -0.15) is 0 Å². The molecule has 1 N–H and O–H groups in total. The first-order valence-electron chi connectivity index (χ1n) is 14.6. The van der Waals surface area contributed by atoms with Crippen LogP contribution in [0.25, 0.3) is 22.3 Å². The molecule has 3 aromatic carbocycles. The number of amides is 1. The lowest BCUT2D eigenvalue weighted by molar-refractivity contribution is -0.145. The first kappa shape index (κ1) is 31.4. The minimum atomic E-state index is -1.57. The van der Waals surface area contributed by atoms with Crippen molar-refractivity contribution in [2.45, 2.75) is 25.3 Å². The number of rotatable bonds is 8. The number of hydrogen-bond acceptors (Lipinski definition) is 8. The first-order chi connectivity index (χ1) is 22.0. The van der Waals surface area contributed by atoms with Crippen molar-refractivity contribution in [2.24, 2.45) is 0 Å². The third-order valence-electron chi connectivity index (χ3n) is 7.91. The highest BCUT2D eigenvalue weighted by atomic mass is 32.2. The Labute approximate surface area is 266 Å². The molecule has 1 saturated carbocycles. The van der Waals surface area contributed by atoms with Gasteiger partial charge >= 0.3 is 19.1 Å². The van der Waals surface area contributed by atoms with Crippen LogP contribution >= 0.6 is 0 Å². The quantitative estimate of drug-likeness (QED) is 0.288. The SMILES string of the molecule is CNC(=O)c1c(-c2ccc(F)cc2)oc2cc(N(Cc3ccc(B4OC(=O)CN(C)CC(=O)O4)c(F)c3)S(C)=O)c(C3CC3)cc12. The van der Waals surface area contributed by atoms with Crippen LogP contribution in [0.4, 0.5) is 14.5 Å². The minimum absolute atomic E-state index is 0.0361. The molecule has 238 valence electrons. The van der Waals surface area contributed by atoms with Crippen molar-refractivity contribution in [2.75, 3.05) is 37.7 Å². The smallest absolute Gasteiger partial charge is 0.494 e. The number of carbonyl (C=O) groups is 3. The van der Waals surface area contributed by atoms with Crippen LogP contribution in [-0.4, -0.2) is 67.5 Å². The molecule has 2 aliphatic rings. The first-order valence-corrected chi connectivity index (χ1v) is 16.1. The maximum absolute atomic E-state index is 15.5. The number of hydrogen-bond donors (Lipinski definition) is 1. The van der Waals surface area contributed by atoms with Crippen LogP contribution in [0.5, 0.6) is 0 Å². The molecule has 6 rings (SSSR count). The Morgan fingerprint density at radius 2 is 1.72 bits per heavy atom. The Kier molecular flexibility index (Phi) is 8.66. The van der Waals surface area contributed by atoms with Gasteiger partial charge < -0.3 is 19.0 Å². The van der Waals surface area contributed by atoms with Crippen LogP contribution in [0.2, 0.25) is 0 Å². The summed E-state index contributed by atoms with van der Waals surface area (Å²) in [5.74, 6) is -2.46. The lowest BCUT2D eigenvalue weighted by atomic mass is 9.77. The number of nitrogens with one attached hydrogen (secondary N) is 1. The Morgan fingerprint density at radius 1 is 1.04 bits per heavy atom. The minimum Gasteiger partial charge on any atom is -0.494 e. The number of halogens is 2. The van der Waals surface area contributed by atoms with E-state index >= 15 is 4.39 Å². The Morgan fingerprint density at radius 3 is 2.30 bits per heavy atom. The molecule has 0 radical (unpaired) electrons. The predicted molar refractivity (Wildman–Crippen MR) is 169 cm³/mol. The van der Waals surface area contributed by atoms with E-state index in [-0.39, 0.29) is 42.7 Å². The largest absolute Gasteiger partial charge is 0.639 e. The van der Waals surface area contributed by atoms with Crippen molar-refractivity contribution in [1.82, 2.24) is 10.2 Å². The average molecular weight is 649 g/mol. The Balaban J connectivity index is 1.37. The van der Waals surface area contributed by atoms with Gasteiger partial charge in [-0.25, -0.2) is 13.0 Å². The summed E-state index contributed by atoms with van der Waals surface area (Å²) in [6, 6.07) is 13.4. The summed E-state index contributed by atoms with van der Waals surface area (Å²) in [7, 11) is -0.0316. The molecule has 1 aliphatic heterocycles. The highest BCUT2D eigenvalue weighted by Crippen LogP contribution is 2.48. The zero-order valence-corrected chi connectivity index (χ0v) is 26.1. The van der Waals surface area contributed by atoms with Gasteiger partial charge in [-0.3, -0.25) is 23.6 Å². The average Bonchev–Trinajstić information content (AvgIpc) is 3.78. The van der Waals surface area contributed by atoms with Gasteiger partial charge in [0.2, 0.25) is 0 Å². The van der Waals surface area contributed by atoms with E-state index in [1.54, 1.807) is 23.5 Å². The monoisotopic (exact) mass is 649 g/mol. The van der Waals surface area contributed by atoms with Crippen LogP contribution in [0.3, 0.4) is 0 Å². The number of carbonyl (C=O) groups excluding carboxylic acids is 3. The van der Waals surface area contributed by atoms with E-state index < -0.39 is 41.7 Å². The Bertz CT molecular complexity index is 1860.